The second-order valence-electron chi connectivity index (χ2n) is 6.68. The van der Waals surface area contributed by atoms with Gasteiger partial charge in [-0.15, -0.1) is 21.5 Å². The van der Waals surface area contributed by atoms with Crippen LogP contribution in [0.1, 0.15) is 21.1 Å². The molecule has 0 bridgehead atoms. The minimum atomic E-state index is -0.117. The Balaban J connectivity index is 1.54. The number of aryl methyl sites for hydroxylation is 1. The number of thioether (sulfide) groups is 1. The Bertz CT molecular complexity index is 1130. The minimum absolute atomic E-state index is 0.117. The number of amides is 1. The highest BCUT2D eigenvalue weighted by atomic mass is 32.2. The number of aromatic nitrogens is 3. The van der Waals surface area contributed by atoms with Crippen LogP contribution in [0.5, 0.6) is 5.75 Å². The van der Waals surface area contributed by atoms with Crippen LogP contribution in [-0.2, 0) is 13.0 Å². The maximum Gasteiger partial charge on any atom is 0.261 e. The number of hydrogen-bond donors (Lipinski definition) is 1. The molecule has 0 fully saturated rings. The third-order valence-corrected chi connectivity index (χ3v) is 6.43. The predicted molar refractivity (Wildman–Crippen MR) is 124 cm³/mol. The number of benzene rings is 2. The molecule has 0 aliphatic rings. The van der Waals surface area contributed by atoms with Crippen molar-refractivity contribution in [3.05, 3.63) is 88.4 Å². The molecule has 1 amide bonds. The van der Waals surface area contributed by atoms with E-state index in [0.29, 0.717) is 10.7 Å². The summed E-state index contributed by atoms with van der Waals surface area (Å²) in [6.07, 6.45) is 0.931. The molecule has 2 aromatic carbocycles. The summed E-state index contributed by atoms with van der Waals surface area (Å²) in [4.78, 5) is 13.1. The van der Waals surface area contributed by atoms with Crippen LogP contribution in [0.25, 0.3) is 5.69 Å². The number of methoxy groups -OCH3 is 1. The van der Waals surface area contributed by atoms with Crippen molar-refractivity contribution < 1.29 is 9.53 Å². The van der Waals surface area contributed by atoms with Gasteiger partial charge in [0.05, 0.1) is 24.2 Å². The third kappa shape index (κ3) is 5.34. The van der Waals surface area contributed by atoms with Gasteiger partial charge in [0.2, 0.25) is 0 Å². The normalized spacial score (nSPS) is 10.7. The number of ether oxygens (including phenoxy) is 1. The minimum Gasteiger partial charge on any atom is -0.497 e. The Morgan fingerprint density at radius 3 is 2.74 bits per heavy atom. The Kier molecular flexibility index (Phi) is 7.01. The van der Waals surface area contributed by atoms with Crippen molar-refractivity contribution in [1.82, 2.24) is 20.1 Å². The molecule has 2 aromatic heterocycles. The Labute approximate surface area is 189 Å². The molecule has 0 saturated heterocycles. The van der Waals surface area contributed by atoms with Crippen molar-refractivity contribution in [2.45, 2.75) is 18.1 Å². The van der Waals surface area contributed by atoms with Crippen LogP contribution >= 0.6 is 23.1 Å². The first kappa shape index (κ1) is 21.1. The van der Waals surface area contributed by atoms with E-state index in [-0.39, 0.29) is 12.5 Å². The molecule has 6 nitrogen and oxygen atoms in total. The highest BCUT2D eigenvalue weighted by Gasteiger charge is 2.16. The zero-order valence-corrected chi connectivity index (χ0v) is 18.7. The van der Waals surface area contributed by atoms with E-state index in [0.717, 1.165) is 28.8 Å². The summed E-state index contributed by atoms with van der Waals surface area (Å²) in [5.41, 5.74) is 2.18. The summed E-state index contributed by atoms with van der Waals surface area (Å²) in [5, 5.41) is 14.4. The largest absolute Gasteiger partial charge is 0.497 e. The topological polar surface area (TPSA) is 69.0 Å². The monoisotopic (exact) mass is 450 g/mol. The molecule has 0 spiro atoms. The van der Waals surface area contributed by atoms with Crippen molar-refractivity contribution in [3.8, 4) is 11.4 Å². The Morgan fingerprint density at radius 2 is 1.97 bits per heavy atom. The van der Waals surface area contributed by atoms with Gasteiger partial charge in [0.15, 0.2) is 11.0 Å². The van der Waals surface area contributed by atoms with Crippen molar-refractivity contribution >= 4 is 29.0 Å². The molecule has 0 aliphatic carbocycles. The lowest BCUT2D eigenvalue weighted by Gasteiger charge is -2.12. The summed E-state index contributed by atoms with van der Waals surface area (Å²) in [7, 11) is 1.64. The molecule has 31 heavy (non-hydrogen) atoms. The van der Waals surface area contributed by atoms with Gasteiger partial charge in [-0.05, 0) is 35.6 Å². The molecule has 158 valence electrons. The van der Waals surface area contributed by atoms with E-state index in [1.165, 1.54) is 16.9 Å². The maximum atomic E-state index is 12.4. The number of carbonyl (C=O) groups is 1. The molecular formula is C23H22N4O2S2. The first-order chi connectivity index (χ1) is 15.2. The van der Waals surface area contributed by atoms with Gasteiger partial charge in [-0.3, -0.25) is 9.36 Å². The van der Waals surface area contributed by atoms with E-state index >= 15 is 0 Å². The molecule has 8 heteroatoms. The fourth-order valence-electron chi connectivity index (χ4n) is 3.08. The second-order valence-corrected chi connectivity index (χ2v) is 8.69. The van der Waals surface area contributed by atoms with E-state index in [4.69, 9.17) is 4.74 Å². The molecule has 4 rings (SSSR count). The van der Waals surface area contributed by atoms with Crippen molar-refractivity contribution in [1.29, 1.82) is 0 Å². The number of carbonyl (C=O) groups excluding carboxylic acids is 1. The van der Waals surface area contributed by atoms with Crippen molar-refractivity contribution in [2.75, 3.05) is 12.9 Å². The average molecular weight is 451 g/mol. The lowest BCUT2D eigenvalue weighted by atomic mass is 10.2. The van der Waals surface area contributed by atoms with Gasteiger partial charge in [-0.25, -0.2) is 0 Å². The summed E-state index contributed by atoms with van der Waals surface area (Å²) in [6, 6.07) is 21.8. The first-order valence-electron chi connectivity index (χ1n) is 9.82. The second kappa shape index (κ2) is 10.3. The van der Waals surface area contributed by atoms with E-state index in [1.54, 1.807) is 24.9 Å². The van der Waals surface area contributed by atoms with Crippen LogP contribution in [0.15, 0.2) is 77.3 Å². The number of nitrogens with one attached hydrogen (secondary N) is 1. The van der Waals surface area contributed by atoms with Crippen LogP contribution in [0, 0.1) is 0 Å². The zero-order valence-electron chi connectivity index (χ0n) is 17.0. The van der Waals surface area contributed by atoms with Crippen LogP contribution in [0.2, 0.25) is 0 Å². The summed E-state index contributed by atoms with van der Waals surface area (Å²) in [6.45, 7) is 0.278. The van der Waals surface area contributed by atoms with Crippen LogP contribution < -0.4 is 10.1 Å². The highest BCUT2D eigenvalue weighted by Crippen LogP contribution is 2.25. The standard InChI is InChI=1S/C23H22N4O2S2/c1-29-19-10-5-9-18(15-19)27-21(16-24-22(28)20-11-6-13-30-20)25-26-23(27)31-14-12-17-7-3-2-4-8-17/h2-11,13,15H,12,14,16H2,1H3,(H,24,28). The molecule has 0 atom stereocenters. The predicted octanol–water partition coefficient (Wildman–Crippen LogP) is 4.60. The van der Waals surface area contributed by atoms with Crippen molar-refractivity contribution in [3.63, 3.8) is 0 Å². The maximum absolute atomic E-state index is 12.4. The molecule has 2 heterocycles. The van der Waals surface area contributed by atoms with Gasteiger partial charge in [0, 0.05) is 11.8 Å². The highest BCUT2D eigenvalue weighted by molar-refractivity contribution is 7.99. The van der Waals surface area contributed by atoms with Gasteiger partial charge in [0.25, 0.3) is 5.91 Å². The van der Waals surface area contributed by atoms with E-state index in [2.05, 4.69) is 27.6 Å². The van der Waals surface area contributed by atoms with Gasteiger partial charge in [-0.2, -0.15) is 0 Å². The number of hydrogen-bond acceptors (Lipinski definition) is 6. The molecule has 1 N–H and O–H groups in total. The molecule has 0 unspecified atom stereocenters. The van der Waals surface area contributed by atoms with Gasteiger partial charge >= 0.3 is 0 Å². The fraction of sp³-hybridized carbons (Fsp3) is 0.174. The quantitative estimate of drug-likeness (QED) is 0.377. The first-order valence-corrected chi connectivity index (χ1v) is 11.7. The molecule has 4 aromatic rings. The average Bonchev–Trinajstić information content (AvgIpc) is 3.49. The fourth-order valence-corrected chi connectivity index (χ4v) is 4.68. The Hall–Kier alpha value is -3.10. The Morgan fingerprint density at radius 1 is 1.10 bits per heavy atom. The smallest absolute Gasteiger partial charge is 0.261 e. The number of thiophene rings is 1. The summed E-state index contributed by atoms with van der Waals surface area (Å²) < 4.78 is 7.37. The lowest BCUT2D eigenvalue weighted by Crippen LogP contribution is -2.23. The molecular weight excluding hydrogens is 428 g/mol. The van der Waals surface area contributed by atoms with Crippen LogP contribution in [0.4, 0.5) is 0 Å². The van der Waals surface area contributed by atoms with Crippen LogP contribution in [0.3, 0.4) is 0 Å². The third-order valence-electron chi connectivity index (χ3n) is 4.63. The number of rotatable bonds is 9. The number of nitrogens with zero attached hydrogens (tertiary/aromatic N) is 3. The SMILES string of the molecule is COc1cccc(-n2c(CNC(=O)c3cccs3)nnc2SCCc2ccccc2)c1. The van der Waals surface area contributed by atoms with Gasteiger partial charge in [-0.1, -0.05) is 54.2 Å². The molecule has 0 saturated carbocycles. The molecule has 0 radical (unpaired) electrons. The zero-order chi connectivity index (χ0) is 21.5. The lowest BCUT2D eigenvalue weighted by molar-refractivity contribution is 0.0953. The van der Waals surface area contributed by atoms with E-state index in [9.17, 15) is 4.79 Å². The van der Waals surface area contributed by atoms with E-state index < -0.39 is 0 Å². The molecule has 0 aliphatic heterocycles. The van der Waals surface area contributed by atoms with E-state index in [1.807, 2.05) is 58.5 Å². The van der Waals surface area contributed by atoms with Crippen LogP contribution in [-0.4, -0.2) is 33.5 Å². The van der Waals surface area contributed by atoms with Crippen molar-refractivity contribution in [2.24, 2.45) is 0 Å². The summed E-state index contributed by atoms with van der Waals surface area (Å²) >= 11 is 3.05. The van der Waals surface area contributed by atoms with Gasteiger partial charge in [0.1, 0.15) is 5.75 Å². The van der Waals surface area contributed by atoms with Gasteiger partial charge < -0.3 is 10.1 Å². The summed E-state index contributed by atoms with van der Waals surface area (Å²) in [5.74, 6) is 2.17.